The van der Waals surface area contributed by atoms with Crippen LogP contribution < -0.4 is 5.32 Å². The summed E-state index contributed by atoms with van der Waals surface area (Å²) in [4.78, 5) is 7.89. The molecule has 1 aromatic rings. The summed E-state index contributed by atoms with van der Waals surface area (Å²) in [6.45, 7) is 0.969. The third-order valence-corrected chi connectivity index (χ3v) is 1.27. The summed E-state index contributed by atoms with van der Waals surface area (Å²) < 4.78 is 0. The van der Waals surface area contributed by atoms with Crippen molar-refractivity contribution in [2.24, 2.45) is 0 Å². The Labute approximate surface area is 62.0 Å². The van der Waals surface area contributed by atoms with E-state index in [2.05, 4.69) is 15.3 Å². The zero-order valence-electron chi connectivity index (χ0n) is 6.04. The fourth-order valence-corrected chi connectivity index (χ4v) is 0.719. The number of aromatic nitrogens is 2. The molecule has 0 saturated heterocycles. The first-order valence-corrected chi connectivity index (χ1v) is 3.33. The monoisotopic (exact) mass is 139 g/mol. The average Bonchev–Trinajstić information content (AvgIpc) is 2.03. The van der Waals surface area contributed by atoms with Gasteiger partial charge in [0.25, 0.3) is 0 Å². The molecular weight excluding hydrogens is 126 g/mol. The highest BCUT2D eigenvalue weighted by molar-refractivity contribution is 4.97. The second kappa shape index (κ2) is 3.95. The number of nitrogens with zero attached hydrogens (tertiary/aromatic N) is 2. The predicted octanol–water partition coefficient (Wildman–Crippen LogP) is 0.484. The van der Waals surface area contributed by atoms with Gasteiger partial charge in [-0.15, -0.1) is 0 Å². The molecule has 1 rings (SSSR count). The van der Waals surface area contributed by atoms with Crippen molar-refractivity contribution >= 4 is 0 Å². The van der Waals surface area contributed by atoms with Crippen molar-refractivity contribution in [1.29, 1.82) is 0 Å². The van der Waals surface area contributed by atoms with Crippen LogP contribution >= 0.6 is 0 Å². The van der Waals surface area contributed by atoms with E-state index in [1.54, 1.807) is 12.5 Å². The largest absolute Gasteiger partial charge is 0.319 e. The van der Waals surface area contributed by atoms with Gasteiger partial charge in [0.15, 0.2) is 0 Å². The van der Waals surface area contributed by atoms with Crippen molar-refractivity contribution in [3.8, 4) is 0 Å². The third kappa shape index (κ3) is 2.11. The molecule has 0 unspecified atom stereocenters. The molecule has 0 atom stereocenters. The van der Waals surface area contributed by atoms with Gasteiger partial charge in [0, 0.05) is 26.3 Å². The van der Waals surface area contributed by atoms with E-state index < -0.39 is 0 Å². The third-order valence-electron chi connectivity index (χ3n) is 1.27. The summed E-state index contributed by atoms with van der Waals surface area (Å²) in [6, 6.07) is 1.93. The van der Waals surface area contributed by atoms with Crippen molar-refractivity contribution in [2.45, 2.75) is 6.42 Å². The molecule has 0 bridgehead atoms. The van der Waals surface area contributed by atoms with Crippen LogP contribution in [-0.4, -0.2) is 23.6 Å². The molecule has 1 aromatic heterocycles. The first-order valence-electron chi connectivity index (χ1n) is 3.33. The molecular formula is C7H13N3. The zero-order valence-corrected chi connectivity index (χ0v) is 6.04. The van der Waals surface area contributed by atoms with Crippen molar-refractivity contribution < 1.29 is 1.43 Å². The molecule has 0 aliphatic heterocycles. The number of hydrogen-bond acceptors (Lipinski definition) is 3. The molecule has 0 aliphatic rings. The molecule has 3 heteroatoms. The quantitative estimate of drug-likeness (QED) is 0.662. The number of rotatable bonds is 3. The molecule has 1 N–H and O–H groups in total. The number of nitrogens with one attached hydrogen (secondary N) is 1. The van der Waals surface area contributed by atoms with E-state index in [4.69, 9.17) is 0 Å². The number of hydrogen-bond donors (Lipinski definition) is 1. The molecule has 0 spiro atoms. The smallest absolute Gasteiger partial charge is 0.115 e. The van der Waals surface area contributed by atoms with Crippen LogP contribution in [0.2, 0.25) is 0 Å². The Morgan fingerprint density at radius 3 is 3.20 bits per heavy atom. The maximum atomic E-state index is 4.07. The van der Waals surface area contributed by atoms with Crippen LogP contribution in [-0.2, 0) is 6.42 Å². The average molecular weight is 139 g/mol. The van der Waals surface area contributed by atoms with Crippen LogP contribution in [0, 0.1) is 0 Å². The molecule has 0 radical (unpaired) electrons. The van der Waals surface area contributed by atoms with E-state index in [0.29, 0.717) is 0 Å². The topological polar surface area (TPSA) is 37.8 Å². The lowest BCUT2D eigenvalue weighted by atomic mass is 10.3. The van der Waals surface area contributed by atoms with Gasteiger partial charge in [-0.05, 0) is 13.1 Å². The fraction of sp³-hybridized carbons (Fsp3) is 0.429. The summed E-state index contributed by atoms with van der Waals surface area (Å²) in [6.07, 6.45) is 4.31. The van der Waals surface area contributed by atoms with Gasteiger partial charge in [0.1, 0.15) is 6.33 Å². The lowest BCUT2D eigenvalue weighted by Crippen LogP contribution is -2.10. The lowest BCUT2D eigenvalue weighted by molar-refractivity contribution is 0.773. The highest BCUT2D eigenvalue weighted by Gasteiger charge is 1.89. The molecule has 0 aliphatic carbocycles. The zero-order chi connectivity index (χ0) is 7.23. The van der Waals surface area contributed by atoms with Gasteiger partial charge in [-0.1, -0.05) is 0 Å². The van der Waals surface area contributed by atoms with E-state index in [-0.39, 0.29) is 1.43 Å². The van der Waals surface area contributed by atoms with Gasteiger partial charge < -0.3 is 5.32 Å². The summed E-state index contributed by atoms with van der Waals surface area (Å²) in [5.41, 5.74) is 1.09. The van der Waals surface area contributed by atoms with Crippen molar-refractivity contribution in [3.63, 3.8) is 0 Å². The normalized spacial score (nSPS) is 9.70. The molecule has 0 fully saturated rings. The number of likely N-dealkylation sites (N-methyl/N-ethyl adjacent to an activating group) is 1. The Balaban J connectivity index is 0.000001000. The predicted molar refractivity (Wildman–Crippen MR) is 41.8 cm³/mol. The highest BCUT2D eigenvalue weighted by atomic mass is 14.8. The Morgan fingerprint density at radius 2 is 2.60 bits per heavy atom. The van der Waals surface area contributed by atoms with Gasteiger partial charge in [-0.3, -0.25) is 0 Å². The summed E-state index contributed by atoms with van der Waals surface area (Å²) in [5, 5.41) is 3.06. The van der Waals surface area contributed by atoms with E-state index in [9.17, 15) is 0 Å². The molecule has 0 amide bonds. The second-order valence-electron chi connectivity index (χ2n) is 2.05. The first kappa shape index (κ1) is 7.15. The molecule has 0 aromatic carbocycles. The van der Waals surface area contributed by atoms with Crippen LogP contribution in [0.5, 0.6) is 0 Å². The SMILES string of the molecule is CNCCc1ccncn1.[HH]. The minimum absolute atomic E-state index is 0. The van der Waals surface area contributed by atoms with Gasteiger partial charge in [0.2, 0.25) is 0 Å². The second-order valence-corrected chi connectivity index (χ2v) is 2.05. The van der Waals surface area contributed by atoms with Crippen molar-refractivity contribution in [1.82, 2.24) is 15.3 Å². The van der Waals surface area contributed by atoms with Gasteiger partial charge in [0.05, 0.1) is 0 Å². The summed E-state index contributed by atoms with van der Waals surface area (Å²) in [5.74, 6) is 0. The minimum Gasteiger partial charge on any atom is -0.319 e. The highest BCUT2D eigenvalue weighted by Crippen LogP contribution is 1.89. The first-order chi connectivity index (χ1) is 4.93. The van der Waals surface area contributed by atoms with E-state index in [0.717, 1.165) is 18.7 Å². The lowest BCUT2D eigenvalue weighted by Gasteiger charge is -1.96. The Hall–Kier alpha value is -0.960. The standard InChI is InChI=1S/C7H11N3.H2/c1-8-4-2-7-3-5-9-6-10-7;/h3,5-6,8H,2,4H2,1H3;1H. The fourth-order valence-electron chi connectivity index (χ4n) is 0.719. The van der Waals surface area contributed by atoms with Crippen LogP contribution in [0.4, 0.5) is 0 Å². The van der Waals surface area contributed by atoms with Crippen LogP contribution in [0.15, 0.2) is 18.6 Å². The van der Waals surface area contributed by atoms with E-state index >= 15 is 0 Å². The van der Waals surface area contributed by atoms with Gasteiger partial charge >= 0.3 is 0 Å². The van der Waals surface area contributed by atoms with Gasteiger partial charge in [-0.2, -0.15) is 0 Å². The van der Waals surface area contributed by atoms with Crippen LogP contribution in [0.25, 0.3) is 0 Å². The van der Waals surface area contributed by atoms with Crippen molar-refractivity contribution in [3.05, 3.63) is 24.3 Å². The van der Waals surface area contributed by atoms with Crippen LogP contribution in [0.1, 0.15) is 7.12 Å². The molecule has 3 nitrogen and oxygen atoms in total. The Bertz CT molecular complexity index is 178. The van der Waals surface area contributed by atoms with Crippen molar-refractivity contribution in [2.75, 3.05) is 13.6 Å². The molecule has 1 heterocycles. The molecule has 56 valence electrons. The summed E-state index contributed by atoms with van der Waals surface area (Å²) in [7, 11) is 1.93. The summed E-state index contributed by atoms with van der Waals surface area (Å²) >= 11 is 0. The van der Waals surface area contributed by atoms with E-state index in [1.165, 1.54) is 0 Å². The van der Waals surface area contributed by atoms with E-state index in [1.807, 2.05) is 13.1 Å². The minimum atomic E-state index is 0. The van der Waals surface area contributed by atoms with Gasteiger partial charge in [-0.25, -0.2) is 9.97 Å². The van der Waals surface area contributed by atoms with Crippen LogP contribution in [0.3, 0.4) is 0 Å². The maximum Gasteiger partial charge on any atom is 0.115 e. The molecule has 10 heavy (non-hydrogen) atoms. The molecule has 0 saturated carbocycles. The Kier molecular flexibility index (Phi) is 2.83. The maximum absolute atomic E-state index is 4.07. The Morgan fingerprint density at radius 1 is 1.70 bits per heavy atom.